The van der Waals surface area contributed by atoms with Crippen LogP contribution in [-0.4, -0.2) is 23.1 Å². The van der Waals surface area contributed by atoms with Gasteiger partial charge in [-0.25, -0.2) is 4.98 Å². The quantitative estimate of drug-likeness (QED) is 0.810. The van der Waals surface area contributed by atoms with Crippen molar-refractivity contribution in [2.24, 2.45) is 11.3 Å². The van der Waals surface area contributed by atoms with Crippen LogP contribution in [0.3, 0.4) is 0 Å². The molecule has 2 heterocycles. The summed E-state index contributed by atoms with van der Waals surface area (Å²) in [5.74, 6) is 2.12. The molecule has 0 saturated carbocycles. The van der Waals surface area contributed by atoms with Gasteiger partial charge in [0.25, 0.3) is 0 Å². The predicted molar refractivity (Wildman–Crippen MR) is 70.8 cm³/mol. The molecule has 0 amide bonds. The Morgan fingerprint density at radius 2 is 1.94 bits per heavy atom. The number of hydrogen-bond donors (Lipinski definition) is 1. The van der Waals surface area contributed by atoms with Crippen LogP contribution in [0.1, 0.15) is 33.6 Å². The van der Waals surface area contributed by atoms with Gasteiger partial charge in [0.2, 0.25) is 5.95 Å². The molecule has 0 radical (unpaired) electrons. The molecule has 0 atom stereocenters. The number of rotatable bonds is 1. The summed E-state index contributed by atoms with van der Waals surface area (Å²) in [6.45, 7) is 9.04. The first kappa shape index (κ1) is 12.1. The van der Waals surface area contributed by atoms with Gasteiger partial charge in [0.05, 0.1) is 0 Å². The summed E-state index contributed by atoms with van der Waals surface area (Å²) in [5.41, 5.74) is 6.09. The van der Waals surface area contributed by atoms with E-state index in [1.807, 2.05) is 0 Å². The fourth-order valence-electron chi connectivity index (χ4n) is 2.46. The van der Waals surface area contributed by atoms with Gasteiger partial charge in [0, 0.05) is 19.3 Å². The molecule has 4 heteroatoms. The third-order valence-electron chi connectivity index (χ3n) is 3.67. The second-order valence-corrected chi connectivity index (χ2v) is 5.91. The van der Waals surface area contributed by atoms with E-state index in [1.165, 1.54) is 12.8 Å². The van der Waals surface area contributed by atoms with Crippen LogP contribution in [-0.2, 0) is 0 Å². The Kier molecular flexibility index (Phi) is 3.22. The summed E-state index contributed by atoms with van der Waals surface area (Å²) < 4.78 is 0. The maximum absolute atomic E-state index is 5.68. The highest BCUT2D eigenvalue weighted by molar-refractivity contribution is 5.37. The first-order valence-electron chi connectivity index (χ1n) is 6.30. The molecule has 2 rings (SSSR count). The number of aromatic nitrogens is 2. The van der Waals surface area contributed by atoms with Crippen molar-refractivity contribution in [3.05, 3.63) is 12.3 Å². The SMILES string of the molecule is CC(C)(C)C1CCN(c2nccc(N)n2)CC1. The van der Waals surface area contributed by atoms with E-state index in [4.69, 9.17) is 5.73 Å². The highest BCUT2D eigenvalue weighted by Gasteiger charge is 2.29. The predicted octanol–water partition coefficient (Wildman–Crippen LogP) is 2.32. The molecule has 4 nitrogen and oxygen atoms in total. The van der Waals surface area contributed by atoms with Crippen LogP contribution in [0.5, 0.6) is 0 Å². The van der Waals surface area contributed by atoms with Crippen LogP contribution < -0.4 is 10.6 Å². The second kappa shape index (κ2) is 4.51. The van der Waals surface area contributed by atoms with Crippen LogP contribution >= 0.6 is 0 Å². The van der Waals surface area contributed by atoms with Crippen molar-refractivity contribution in [3.63, 3.8) is 0 Å². The third kappa shape index (κ3) is 2.87. The molecule has 2 N–H and O–H groups in total. The highest BCUT2D eigenvalue weighted by atomic mass is 15.3. The minimum Gasteiger partial charge on any atom is -0.384 e. The van der Waals surface area contributed by atoms with Crippen molar-refractivity contribution < 1.29 is 0 Å². The summed E-state index contributed by atoms with van der Waals surface area (Å²) >= 11 is 0. The largest absolute Gasteiger partial charge is 0.384 e. The summed E-state index contributed by atoms with van der Waals surface area (Å²) in [6.07, 6.45) is 4.15. The van der Waals surface area contributed by atoms with E-state index in [9.17, 15) is 0 Å². The summed E-state index contributed by atoms with van der Waals surface area (Å²) in [7, 11) is 0. The number of anilines is 2. The van der Waals surface area contributed by atoms with Crippen LogP contribution in [0.25, 0.3) is 0 Å². The zero-order chi connectivity index (χ0) is 12.5. The van der Waals surface area contributed by atoms with E-state index < -0.39 is 0 Å². The zero-order valence-electron chi connectivity index (χ0n) is 11.0. The Balaban J connectivity index is 2.00. The minimum atomic E-state index is 0.405. The van der Waals surface area contributed by atoms with Gasteiger partial charge in [-0.1, -0.05) is 20.8 Å². The van der Waals surface area contributed by atoms with Crippen molar-refractivity contribution in [2.45, 2.75) is 33.6 Å². The monoisotopic (exact) mass is 234 g/mol. The van der Waals surface area contributed by atoms with Crippen LogP contribution in [0.2, 0.25) is 0 Å². The van der Waals surface area contributed by atoms with Gasteiger partial charge in [0.15, 0.2) is 0 Å². The first-order valence-corrected chi connectivity index (χ1v) is 6.30. The normalized spacial score (nSPS) is 18.4. The van der Waals surface area contributed by atoms with Gasteiger partial charge in [0.1, 0.15) is 5.82 Å². The molecule has 0 spiro atoms. The lowest BCUT2D eigenvalue weighted by Crippen LogP contribution is -2.38. The van der Waals surface area contributed by atoms with Gasteiger partial charge in [-0.2, -0.15) is 4.98 Å². The lowest BCUT2D eigenvalue weighted by Gasteiger charge is -2.38. The molecule has 1 aromatic heterocycles. The van der Waals surface area contributed by atoms with E-state index >= 15 is 0 Å². The fourth-order valence-corrected chi connectivity index (χ4v) is 2.46. The smallest absolute Gasteiger partial charge is 0.227 e. The van der Waals surface area contributed by atoms with E-state index in [0.717, 1.165) is 25.0 Å². The van der Waals surface area contributed by atoms with E-state index in [2.05, 4.69) is 35.6 Å². The molecule has 1 saturated heterocycles. The molecule has 17 heavy (non-hydrogen) atoms. The Bertz CT molecular complexity index is 375. The Morgan fingerprint density at radius 1 is 1.29 bits per heavy atom. The average Bonchev–Trinajstić information content (AvgIpc) is 2.28. The minimum absolute atomic E-state index is 0.405. The molecule has 1 aliphatic heterocycles. The highest BCUT2D eigenvalue weighted by Crippen LogP contribution is 2.34. The molecule has 0 unspecified atom stereocenters. The fraction of sp³-hybridized carbons (Fsp3) is 0.692. The molecule has 94 valence electrons. The van der Waals surface area contributed by atoms with Crippen molar-refractivity contribution in [3.8, 4) is 0 Å². The maximum atomic E-state index is 5.68. The summed E-state index contributed by atoms with van der Waals surface area (Å²) in [6, 6.07) is 1.73. The Morgan fingerprint density at radius 3 is 2.47 bits per heavy atom. The van der Waals surface area contributed by atoms with Crippen molar-refractivity contribution in [1.29, 1.82) is 0 Å². The van der Waals surface area contributed by atoms with Crippen molar-refractivity contribution in [2.75, 3.05) is 23.7 Å². The van der Waals surface area contributed by atoms with Crippen molar-refractivity contribution >= 4 is 11.8 Å². The molecular weight excluding hydrogens is 212 g/mol. The maximum Gasteiger partial charge on any atom is 0.227 e. The zero-order valence-corrected chi connectivity index (χ0v) is 11.0. The average molecular weight is 234 g/mol. The lowest BCUT2D eigenvalue weighted by molar-refractivity contribution is 0.198. The number of hydrogen-bond acceptors (Lipinski definition) is 4. The molecule has 0 aliphatic carbocycles. The van der Waals surface area contributed by atoms with Crippen LogP contribution in [0, 0.1) is 11.3 Å². The van der Waals surface area contributed by atoms with Gasteiger partial charge in [-0.05, 0) is 30.2 Å². The number of nitrogen functional groups attached to an aromatic ring is 1. The third-order valence-corrected chi connectivity index (χ3v) is 3.67. The Labute approximate surface area is 103 Å². The topological polar surface area (TPSA) is 55.0 Å². The first-order chi connectivity index (χ1) is 7.97. The number of nitrogens with zero attached hydrogens (tertiary/aromatic N) is 3. The van der Waals surface area contributed by atoms with E-state index in [-0.39, 0.29) is 0 Å². The van der Waals surface area contributed by atoms with Crippen LogP contribution in [0.15, 0.2) is 12.3 Å². The van der Waals surface area contributed by atoms with Crippen LogP contribution in [0.4, 0.5) is 11.8 Å². The Hall–Kier alpha value is -1.32. The lowest BCUT2D eigenvalue weighted by atomic mass is 9.75. The summed E-state index contributed by atoms with van der Waals surface area (Å²) in [5, 5.41) is 0. The van der Waals surface area contributed by atoms with Gasteiger partial charge in [-0.3, -0.25) is 0 Å². The molecule has 1 aromatic rings. The number of piperidine rings is 1. The molecular formula is C13H22N4. The number of nitrogens with two attached hydrogens (primary N) is 1. The van der Waals surface area contributed by atoms with E-state index in [0.29, 0.717) is 11.2 Å². The molecule has 0 bridgehead atoms. The molecule has 1 aliphatic rings. The second-order valence-electron chi connectivity index (χ2n) is 5.91. The summed E-state index contributed by atoms with van der Waals surface area (Å²) in [4.78, 5) is 10.8. The van der Waals surface area contributed by atoms with E-state index in [1.54, 1.807) is 12.3 Å². The van der Waals surface area contributed by atoms with Gasteiger partial charge >= 0.3 is 0 Å². The molecule has 0 aromatic carbocycles. The van der Waals surface area contributed by atoms with Crippen molar-refractivity contribution in [1.82, 2.24) is 9.97 Å². The standard InChI is InChI=1S/C13H22N4/c1-13(2,3)10-5-8-17(9-6-10)12-15-7-4-11(14)16-12/h4,7,10H,5-6,8-9H2,1-3H3,(H2,14,15,16). The molecule has 1 fully saturated rings. The van der Waals surface area contributed by atoms with Gasteiger partial charge in [-0.15, -0.1) is 0 Å². The van der Waals surface area contributed by atoms with Gasteiger partial charge < -0.3 is 10.6 Å².